The molecule has 3 heteroatoms. The van der Waals surface area contributed by atoms with E-state index in [1.54, 1.807) is 10.6 Å². The van der Waals surface area contributed by atoms with Crippen molar-refractivity contribution in [1.29, 1.82) is 0 Å². The zero-order valence-electron chi connectivity index (χ0n) is 10.3. The van der Waals surface area contributed by atoms with Gasteiger partial charge in [-0.2, -0.15) is 0 Å². The molecule has 1 heterocycles. The molecule has 0 bridgehead atoms. The van der Waals surface area contributed by atoms with Crippen molar-refractivity contribution >= 4 is 18.9 Å². The van der Waals surface area contributed by atoms with Gasteiger partial charge in [0.05, 0.1) is 5.56 Å². The molecule has 0 unspecified atom stereocenters. The second-order valence-corrected chi connectivity index (χ2v) is 3.77. The first-order valence-corrected chi connectivity index (χ1v) is 5.66. The van der Waals surface area contributed by atoms with Crippen molar-refractivity contribution in [2.45, 2.75) is 26.8 Å². The topological polar surface area (TPSA) is 39.1 Å². The fourth-order valence-corrected chi connectivity index (χ4v) is 1.64. The van der Waals surface area contributed by atoms with Crippen LogP contribution in [-0.2, 0) is 6.54 Å². The molecule has 0 N–H and O–H groups in total. The second kappa shape index (κ2) is 5.99. The summed E-state index contributed by atoms with van der Waals surface area (Å²) in [6.45, 7) is 8.38. The highest BCUT2D eigenvalue weighted by molar-refractivity contribution is 5.74. The number of aldehydes is 1. The molecule has 0 saturated carbocycles. The second-order valence-electron chi connectivity index (χ2n) is 3.77. The maximum Gasteiger partial charge on any atom is 0.261 e. The fourth-order valence-electron chi connectivity index (χ4n) is 1.64. The first-order valence-electron chi connectivity index (χ1n) is 5.66. The van der Waals surface area contributed by atoms with Crippen LogP contribution >= 0.6 is 0 Å². The van der Waals surface area contributed by atoms with Gasteiger partial charge in [0.15, 0.2) is 6.29 Å². The average molecular weight is 231 g/mol. The third-order valence-corrected chi connectivity index (χ3v) is 2.50. The summed E-state index contributed by atoms with van der Waals surface area (Å²) in [6.07, 6.45) is 7.02. The third kappa shape index (κ3) is 2.81. The van der Waals surface area contributed by atoms with Crippen molar-refractivity contribution in [1.82, 2.24) is 4.57 Å². The molecular weight excluding hydrogens is 214 g/mol. The van der Waals surface area contributed by atoms with Gasteiger partial charge in [-0.1, -0.05) is 31.7 Å². The van der Waals surface area contributed by atoms with Gasteiger partial charge in [0, 0.05) is 11.9 Å². The Labute approximate surface area is 100 Å². The number of nitrogens with zero attached hydrogens (tertiary/aromatic N) is 1. The Morgan fingerprint density at radius 3 is 2.71 bits per heavy atom. The number of pyridine rings is 1. The van der Waals surface area contributed by atoms with Gasteiger partial charge in [-0.05, 0) is 24.6 Å². The van der Waals surface area contributed by atoms with Crippen LogP contribution in [0, 0.1) is 0 Å². The van der Waals surface area contributed by atoms with Gasteiger partial charge in [-0.3, -0.25) is 9.59 Å². The normalized spacial score (nSPS) is 12.2. The van der Waals surface area contributed by atoms with E-state index >= 15 is 0 Å². The smallest absolute Gasteiger partial charge is 0.261 e. The van der Waals surface area contributed by atoms with Crippen LogP contribution in [0.5, 0.6) is 0 Å². The van der Waals surface area contributed by atoms with Crippen LogP contribution < -0.4 is 16.1 Å². The molecule has 0 saturated heterocycles. The first-order chi connectivity index (χ1) is 8.15. The van der Waals surface area contributed by atoms with Crippen LogP contribution in [0.2, 0.25) is 0 Å². The quantitative estimate of drug-likeness (QED) is 0.720. The Bertz CT molecular complexity index is 594. The standard InChI is InChI=1S/C14H17NO2/c1-4-6-7-12-9-13(10-16)14(17)15(8-5-2)11(12)3/h4,6-7,9-10H,3,5,8H2,1-2H3/b6-4-,12-7-. The molecule has 1 aromatic rings. The highest BCUT2D eigenvalue weighted by Crippen LogP contribution is 1.83. The Kier molecular flexibility index (Phi) is 4.64. The number of hydrogen-bond donors (Lipinski definition) is 0. The SMILES string of the molecule is C=c1/c(=C\C=C/C)cc(C=O)c(=O)n1CCC. The molecule has 0 spiro atoms. The van der Waals surface area contributed by atoms with Crippen LogP contribution in [0.15, 0.2) is 23.0 Å². The Morgan fingerprint density at radius 2 is 2.18 bits per heavy atom. The predicted octanol–water partition coefficient (Wildman–Crippen LogP) is 0.838. The molecule has 1 aromatic heterocycles. The lowest BCUT2D eigenvalue weighted by Crippen LogP contribution is -2.43. The Morgan fingerprint density at radius 1 is 1.47 bits per heavy atom. The van der Waals surface area contributed by atoms with Crippen molar-refractivity contribution < 1.29 is 4.79 Å². The molecule has 0 aliphatic rings. The van der Waals surface area contributed by atoms with E-state index in [0.29, 0.717) is 18.2 Å². The molecule has 0 atom stereocenters. The van der Waals surface area contributed by atoms with E-state index in [0.717, 1.165) is 11.6 Å². The molecule has 0 aliphatic carbocycles. The fraction of sp³-hybridized carbons (Fsp3) is 0.286. The summed E-state index contributed by atoms with van der Waals surface area (Å²) in [6, 6.07) is 1.59. The number of aromatic nitrogens is 1. The van der Waals surface area contributed by atoms with Crippen molar-refractivity contribution in [3.63, 3.8) is 0 Å². The number of allylic oxidation sites excluding steroid dienone is 2. The molecule has 1 rings (SSSR count). The van der Waals surface area contributed by atoms with Gasteiger partial charge in [0.2, 0.25) is 0 Å². The Hall–Kier alpha value is -1.90. The van der Waals surface area contributed by atoms with Gasteiger partial charge >= 0.3 is 0 Å². The molecule has 3 nitrogen and oxygen atoms in total. The molecule has 0 amide bonds. The summed E-state index contributed by atoms with van der Waals surface area (Å²) >= 11 is 0. The summed E-state index contributed by atoms with van der Waals surface area (Å²) in [5.41, 5.74) is -0.0777. The van der Waals surface area contributed by atoms with E-state index < -0.39 is 0 Å². The molecule has 0 radical (unpaired) electrons. The predicted molar refractivity (Wildman–Crippen MR) is 70.4 cm³/mol. The molecule has 0 fully saturated rings. The van der Waals surface area contributed by atoms with Gasteiger partial charge in [-0.15, -0.1) is 0 Å². The minimum absolute atomic E-state index is 0.182. The average Bonchev–Trinajstić information content (AvgIpc) is 2.33. The zero-order valence-corrected chi connectivity index (χ0v) is 10.3. The number of carbonyl (C=O) groups is 1. The number of hydrogen-bond acceptors (Lipinski definition) is 2. The third-order valence-electron chi connectivity index (χ3n) is 2.50. The van der Waals surface area contributed by atoms with Crippen LogP contribution in [0.25, 0.3) is 12.7 Å². The molecular formula is C14H17NO2. The zero-order chi connectivity index (χ0) is 12.8. The van der Waals surface area contributed by atoms with E-state index in [-0.39, 0.29) is 11.1 Å². The molecule has 17 heavy (non-hydrogen) atoms. The lowest BCUT2D eigenvalue weighted by Gasteiger charge is -2.06. The lowest BCUT2D eigenvalue weighted by molar-refractivity contribution is 0.112. The minimum atomic E-state index is -0.260. The minimum Gasteiger partial charge on any atom is -0.308 e. The molecule has 0 aromatic carbocycles. The van der Waals surface area contributed by atoms with Gasteiger partial charge < -0.3 is 4.57 Å². The highest BCUT2D eigenvalue weighted by atomic mass is 16.1. The van der Waals surface area contributed by atoms with Gasteiger partial charge in [0.25, 0.3) is 5.56 Å². The largest absolute Gasteiger partial charge is 0.308 e. The molecule has 90 valence electrons. The van der Waals surface area contributed by atoms with E-state index in [1.165, 1.54) is 0 Å². The van der Waals surface area contributed by atoms with Crippen LogP contribution in [-0.4, -0.2) is 10.9 Å². The van der Waals surface area contributed by atoms with E-state index in [9.17, 15) is 9.59 Å². The first kappa shape index (κ1) is 13.2. The van der Waals surface area contributed by atoms with E-state index in [1.807, 2.05) is 32.1 Å². The number of rotatable bonds is 4. The Balaban J connectivity index is 3.66. The van der Waals surface area contributed by atoms with Crippen molar-refractivity contribution in [3.05, 3.63) is 44.7 Å². The van der Waals surface area contributed by atoms with Crippen LogP contribution in [0.1, 0.15) is 30.6 Å². The summed E-state index contributed by atoms with van der Waals surface area (Å²) in [5.74, 6) is 0. The number of carbonyl (C=O) groups excluding carboxylic acids is 1. The molecule has 0 aliphatic heterocycles. The summed E-state index contributed by atoms with van der Waals surface area (Å²) < 4.78 is 1.55. The summed E-state index contributed by atoms with van der Waals surface area (Å²) in [7, 11) is 0. The van der Waals surface area contributed by atoms with Crippen LogP contribution in [0.3, 0.4) is 0 Å². The lowest BCUT2D eigenvalue weighted by atomic mass is 10.2. The van der Waals surface area contributed by atoms with E-state index in [2.05, 4.69) is 6.58 Å². The van der Waals surface area contributed by atoms with E-state index in [4.69, 9.17) is 0 Å². The summed E-state index contributed by atoms with van der Waals surface area (Å²) in [5, 5.41) is 1.46. The van der Waals surface area contributed by atoms with Crippen molar-refractivity contribution in [2.75, 3.05) is 0 Å². The maximum absolute atomic E-state index is 11.9. The maximum atomic E-state index is 11.9. The highest BCUT2D eigenvalue weighted by Gasteiger charge is 2.03. The van der Waals surface area contributed by atoms with Gasteiger partial charge in [-0.25, -0.2) is 0 Å². The monoisotopic (exact) mass is 231 g/mol. The van der Waals surface area contributed by atoms with Gasteiger partial charge in [0.1, 0.15) is 0 Å². The summed E-state index contributed by atoms with van der Waals surface area (Å²) in [4.78, 5) is 22.8. The van der Waals surface area contributed by atoms with Crippen LogP contribution in [0.4, 0.5) is 0 Å². The van der Waals surface area contributed by atoms with Crippen molar-refractivity contribution in [3.8, 4) is 0 Å². The van der Waals surface area contributed by atoms with Crippen molar-refractivity contribution in [2.24, 2.45) is 0 Å².